The quantitative estimate of drug-likeness (QED) is 0.897. The minimum Gasteiger partial charge on any atom is -0.342 e. The lowest BCUT2D eigenvalue weighted by molar-refractivity contribution is -0.144. The third-order valence-electron chi connectivity index (χ3n) is 4.59. The molecule has 1 heterocycles. The molecule has 0 atom stereocenters. The molecule has 6 heteroatoms. The zero-order valence-corrected chi connectivity index (χ0v) is 16.1. The summed E-state index contributed by atoms with van der Waals surface area (Å²) in [7, 11) is 1.65. The van der Waals surface area contributed by atoms with Gasteiger partial charge in [0.15, 0.2) is 0 Å². The fourth-order valence-electron chi connectivity index (χ4n) is 3.13. The molecule has 1 aliphatic rings. The van der Waals surface area contributed by atoms with Gasteiger partial charge in [0.2, 0.25) is 17.7 Å². The Hall–Kier alpha value is -2.37. The summed E-state index contributed by atoms with van der Waals surface area (Å²) in [5.74, 6) is -0.254. The molecule has 0 aromatic heterocycles. The monoisotopic (exact) mass is 359 g/mol. The van der Waals surface area contributed by atoms with Gasteiger partial charge in [-0.05, 0) is 25.0 Å². The van der Waals surface area contributed by atoms with Crippen LogP contribution in [0.2, 0.25) is 0 Å². The maximum Gasteiger partial charge on any atom is 0.243 e. The van der Waals surface area contributed by atoms with Crippen LogP contribution in [0, 0.1) is 11.3 Å². The molecule has 1 saturated heterocycles. The number of amides is 3. The number of carbonyl (C=O) groups is 3. The van der Waals surface area contributed by atoms with Crippen molar-refractivity contribution in [1.29, 1.82) is 0 Å². The summed E-state index contributed by atoms with van der Waals surface area (Å²) < 4.78 is 0. The van der Waals surface area contributed by atoms with Crippen LogP contribution in [0.5, 0.6) is 0 Å². The molecular formula is C20H29N3O3. The highest BCUT2D eigenvalue weighted by atomic mass is 16.2. The number of likely N-dealkylation sites (tertiary alicyclic amines) is 1. The molecule has 0 radical (unpaired) electrons. The summed E-state index contributed by atoms with van der Waals surface area (Å²) in [6.07, 6.45) is 1.29. The first-order valence-electron chi connectivity index (χ1n) is 9.07. The molecule has 0 bridgehead atoms. The van der Waals surface area contributed by atoms with E-state index in [1.807, 2.05) is 56.0 Å². The topological polar surface area (TPSA) is 69.7 Å². The van der Waals surface area contributed by atoms with E-state index in [2.05, 4.69) is 5.32 Å². The summed E-state index contributed by atoms with van der Waals surface area (Å²) >= 11 is 0. The van der Waals surface area contributed by atoms with E-state index in [0.717, 1.165) is 0 Å². The van der Waals surface area contributed by atoms with Crippen molar-refractivity contribution in [2.24, 2.45) is 11.3 Å². The molecule has 3 amide bonds. The molecular weight excluding hydrogens is 330 g/mol. The number of para-hydroxylation sites is 1. The predicted molar refractivity (Wildman–Crippen MR) is 101 cm³/mol. The van der Waals surface area contributed by atoms with Gasteiger partial charge in [0.05, 0.1) is 6.54 Å². The summed E-state index contributed by atoms with van der Waals surface area (Å²) in [6, 6.07) is 9.18. The van der Waals surface area contributed by atoms with Crippen molar-refractivity contribution >= 4 is 23.4 Å². The molecule has 1 fully saturated rings. The van der Waals surface area contributed by atoms with Gasteiger partial charge in [-0.15, -0.1) is 0 Å². The lowest BCUT2D eigenvalue weighted by atomic mass is 9.90. The summed E-state index contributed by atoms with van der Waals surface area (Å²) in [4.78, 5) is 40.3. The normalized spacial score (nSPS) is 15.5. The van der Waals surface area contributed by atoms with Gasteiger partial charge in [0, 0.05) is 37.2 Å². The van der Waals surface area contributed by atoms with Crippen LogP contribution in [0.1, 0.15) is 33.6 Å². The van der Waals surface area contributed by atoms with Crippen molar-refractivity contribution < 1.29 is 14.4 Å². The number of benzene rings is 1. The van der Waals surface area contributed by atoms with Gasteiger partial charge in [0.25, 0.3) is 0 Å². The Morgan fingerprint density at radius 3 is 2.23 bits per heavy atom. The third kappa shape index (κ3) is 5.31. The van der Waals surface area contributed by atoms with Crippen LogP contribution in [0.25, 0.3) is 0 Å². The van der Waals surface area contributed by atoms with Crippen molar-refractivity contribution in [2.75, 3.05) is 32.0 Å². The number of rotatable bonds is 4. The van der Waals surface area contributed by atoms with Gasteiger partial charge in [-0.1, -0.05) is 39.0 Å². The maximum atomic E-state index is 12.6. The molecule has 1 aromatic carbocycles. The Morgan fingerprint density at radius 1 is 1.12 bits per heavy atom. The Morgan fingerprint density at radius 2 is 1.69 bits per heavy atom. The third-order valence-corrected chi connectivity index (χ3v) is 4.59. The van der Waals surface area contributed by atoms with E-state index >= 15 is 0 Å². The fourth-order valence-corrected chi connectivity index (χ4v) is 3.13. The number of piperidine rings is 1. The molecule has 0 saturated carbocycles. The average Bonchev–Trinajstić information content (AvgIpc) is 2.60. The van der Waals surface area contributed by atoms with E-state index < -0.39 is 5.41 Å². The van der Waals surface area contributed by atoms with Crippen molar-refractivity contribution in [1.82, 2.24) is 9.80 Å². The number of nitrogens with one attached hydrogen (secondary N) is 1. The first kappa shape index (κ1) is 19.9. The number of nitrogens with zero attached hydrogens (tertiary/aromatic N) is 2. The standard InChI is InChI=1S/C20H29N3O3/c1-20(2,3)19(26)23-12-10-15(11-13-23)18(25)22(4)14-17(24)21-16-8-6-5-7-9-16/h5-9,15H,10-14H2,1-4H3,(H,21,24). The van der Waals surface area contributed by atoms with Crippen LogP contribution < -0.4 is 5.32 Å². The second-order valence-corrected chi connectivity index (χ2v) is 7.92. The first-order valence-corrected chi connectivity index (χ1v) is 9.07. The number of likely N-dealkylation sites (N-methyl/N-ethyl adjacent to an activating group) is 1. The van der Waals surface area contributed by atoms with Crippen LogP contribution in [0.15, 0.2) is 30.3 Å². The van der Waals surface area contributed by atoms with Crippen molar-refractivity contribution in [2.45, 2.75) is 33.6 Å². The lowest BCUT2D eigenvalue weighted by Gasteiger charge is -2.36. The molecule has 2 rings (SSSR count). The predicted octanol–water partition coefficient (Wildman–Crippen LogP) is 2.37. The average molecular weight is 359 g/mol. The molecule has 0 aliphatic carbocycles. The minimum absolute atomic E-state index is 0.0227. The highest BCUT2D eigenvalue weighted by Gasteiger charge is 2.33. The SMILES string of the molecule is CN(CC(=O)Nc1ccccc1)C(=O)C1CCN(C(=O)C(C)(C)C)CC1. The van der Waals surface area contributed by atoms with E-state index in [1.54, 1.807) is 7.05 Å². The minimum atomic E-state index is -0.400. The largest absolute Gasteiger partial charge is 0.342 e. The van der Waals surface area contributed by atoms with Crippen LogP contribution in [0.3, 0.4) is 0 Å². The molecule has 1 N–H and O–H groups in total. The first-order chi connectivity index (χ1) is 12.2. The number of hydrogen-bond donors (Lipinski definition) is 1. The summed E-state index contributed by atoms with van der Waals surface area (Å²) in [5.41, 5.74) is 0.315. The van der Waals surface area contributed by atoms with Gasteiger partial charge in [0.1, 0.15) is 0 Å². The lowest BCUT2D eigenvalue weighted by Crippen LogP contribution is -2.47. The van der Waals surface area contributed by atoms with Crippen LogP contribution in [-0.2, 0) is 14.4 Å². The second-order valence-electron chi connectivity index (χ2n) is 7.92. The van der Waals surface area contributed by atoms with E-state index in [0.29, 0.717) is 31.6 Å². The highest BCUT2D eigenvalue weighted by Crippen LogP contribution is 2.24. The van der Waals surface area contributed by atoms with E-state index in [4.69, 9.17) is 0 Å². The Kier molecular flexibility index (Phi) is 6.40. The van der Waals surface area contributed by atoms with Crippen molar-refractivity contribution in [3.05, 3.63) is 30.3 Å². The molecule has 0 unspecified atom stereocenters. The van der Waals surface area contributed by atoms with Gasteiger partial charge in [-0.25, -0.2) is 0 Å². The van der Waals surface area contributed by atoms with E-state index in [9.17, 15) is 14.4 Å². The molecule has 1 aliphatic heterocycles. The highest BCUT2D eigenvalue weighted by molar-refractivity contribution is 5.94. The van der Waals surface area contributed by atoms with E-state index in [1.165, 1.54) is 4.90 Å². The summed E-state index contributed by atoms with van der Waals surface area (Å²) in [6.45, 7) is 6.94. The second kappa shape index (κ2) is 8.34. The molecule has 0 spiro atoms. The van der Waals surface area contributed by atoms with Gasteiger partial charge in [-0.2, -0.15) is 0 Å². The van der Waals surface area contributed by atoms with Crippen molar-refractivity contribution in [3.63, 3.8) is 0 Å². The molecule has 6 nitrogen and oxygen atoms in total. The van der Waals surface area contributed by atoms with Crippen LogP contribution in [-0.4, -0.2) is 54.2 Å². The Bertz CT molecular complexity index is 644. The van der Waals surface area contributed by atoms with Gasteiger partial charge >= 0.3 is 0 Å². The smallest absolute Gasteiger partial charge is 0.243 e. The number of hydrogen-bond acceptors (Lipinski definition) is 3. The fraction of sp³-hybridized carbons (Fsp3) is 0.550. The number of carbonyl (C=O) groups excluding carboxylic acids is 3. The van der Waals surface area contributed by atoms with Crippen LogP contribution in [0.4, 0.5) is 5.69 Å². The van der Waals surface area contributed by atoms with Crippen LogP contribution >= 0.6 is 0 Å². The molecule has 142 valence electrons. The maximum absolute atomic E-state index is 12.6. The zero-order valence-electron chi connectivity index (χ0n) is 16.1. The zero-order chi connectivity index (χ0) is 19.3. The van der Waals surface area contributed by atoms with E-state index in [-0.39, 0.29) is 30.2 Å². The Labute approximate surface area is 155 Å². The number of anilines is 1. The summed E-state index contributed by atoms with van der Waals surface area (Å²) in [5, 5.41) is 2.78. The molecule has 1 aromatic rings. The Balaban J connectivity index is 1.82. The van der Waals surface area contributed by atoms with Gasteiger partial charge in [-0.3, -0.25) is 14.4 Å². The van der Waals surface area contributed by atoms with Crippen molar-refractivity contribution in [3.8, 4) is 0 Å². The van der Waals surface area contributed by atoms with Gasteiger partial charge < -0.3 is 15.1 Å². The molecule has 26 heavy (non-hydrogen) atoms.